The Hall–Kier alpha value is -2.99. The van der Waals surface area contributed by atoms with Gasteiger partial charge in [0, 0.05) is 16.1 Å². The number of benzene rings is 2. The van der Waals surface area contributed by atoms with E-state index in [-0.39, 0.29) is 23.3 Å². The van der Waals surface area contributed by atoms with Gasteiger partial charge in [-0.15, -0.1) is 0 Å². The molecule has 0 fully saturated rings. The normalized spacial score (nSPS) is 10.9. The van der Waals surface area contributed by atoms with Crippen molar-refractivity contribution in [1.29, 1.82) is 0 Å². The highest BCUT2D eigenvalue weighted by Gasteiger charge is 2.18. The summed E-state index contributed by atoms with van der Waals surface area (Å²) < 4.78 is 5.11. The lowest BCUT2D eigenvalue weighted by molar-refractivity contribution is -0.115. The second-order valence-corrected chi connectivity index (χ2v) is 6.42. The minimum Gasteiger partial charge on any atom is -0.504 e. The average molecular weight is 374 g/mol. The minimum atomic E-state index is -0.742. The Bertz CT molecular complexity index is 1090. The van der Waals surface area contributed by atoms with Gasteiger partial charge in [0.2, 0.25) is 11.7 Å². The highest BCUT2D eigenvalue weighted by Crippen LogP contribution is 2.34. The van der Waals surface area contributed by atoms with Crippen molar-refractivity contribution >= 4 is 34.2 Å². The summed E-state index contributed by atoms with van der Waals surface area (Å²) in [7, 11) is 0. The number of anilines is 1. The van der Waals surface area contributed by atoms with E-state index in [0.29, 0.717) is 21.7 Å². The number of hydrogen-bond donors (Lipinski definition) is 3. The average Bonchev–Trinajstić information content (AvgIpc) is 2.58. The zero-order chi connectivity index (χ0) is 19.0. The van der Waals surface area contributed by atoms with Crippen molar-refractivity contribution in [3.63, 3.8) is 0 Å². The fraction of sp³-hybridized carbons (Fsp3) is 0.158. The van der Waals surface area contributed by atoms with Gasteiger partial charge in [-0.2, -0.15) is 0 Å². The molecule has 1 aromatic heterocycles. The molecule has 0 saturated carbocycles. The van der Waals surface area contributed by atoms with E-state index >= 15 is 0 Å². The molecule has 0 aliphatic carbocycles. The van der Waals surface area contributed by atoms with Crippen LogP contribution in [0.1, 0.15) is 16.7 Å². The van der Waals surface area contributed by atoms with Gasteiger partial charge in [0.25, 0.3) is 0 Å². The zero-order valence-corrected chi connectivity index (χ0v) is 14.8. The van der Waals surface area contributed by atoms with Gasteiger partial charge in [-0.1, -0.05) is 17.7 Å². The Balaban J connectivity index is 1.96. The molecule has 0 radical (unpaired) electrons. The monoisotopic (exact) mass is 373 g/mol. The molecule has 7 heteroatoms. The molecule has 3 N–H and O–H groups in total. The minimum absolute atomic E-state index is 0.109. The Kier molecular flexibility index (Phi) is 4.61. The van der Waals surface area contributed by atoms with Gasteiger partial charge < -0.3 is 19.9 Å². The molecular formula is C19H16ClNO5. The van der Waals surface area contributed by atoms with Crippen molar-refractivity contribution in [2.24, 2.45) is 0 Å². The molecule has 1 heterocycles. The van der Waals surface area contributed by atoms with Crippen LogP contribution in [0.4, 0.5) is 5.69 Å². The number of halogens is 1. The van der Waals surface area contributed by atoms with Crippen LogP contribution < -0.4 is 10.9 Å². The first-order chi connectivity index (χ1) is 12.3. The summed E-state index contributed by atoms with van der Waals surface area (Å²) >= 11 is 5.94. The quantitative estimate of drug-likeness (QED) is 0.480. The molecular weight excluding hydrogens is 358 g/mol. The predicted octanol–water partition coefficient (Wildman–Crippen LogP) is 3.66. The van der Waals surface area contributed by atoms with Gasteiger partial charge in [0.15, 0.2) is 11.3 Å². The van der Waals surface area contributed by atoms with E-state index in [2.05, 4.69) is 5.32 Å². The summed E-state index contributed by atoms with van der Waals surface area (Å²) in [5.74, 6) is -1.29. The van der Waals surface area contributed by atoms with Crippen molar-refractivity contribution in [3.8, 4) is 11.5 Å². The van der Waals surface area contributed by atoms with E-state index in [1.54, 1.807) is 25.1 Å². The fourth-order valence-corrected chi connectivity index (χ4v) is 2.89. The number of amides is 1. The second kappa shape index (κ2) is 6.72. The van der Waals surface area contributed by atoms with Crippen LogP contribution in [0.25, 0.3) is 11.0 Å². The lowest BCUT2D eigenvalue weighted by Crippen LogP contribution is -2.21. The number of phenols is 2. The Morgan fingerprint density at radius 2 is 1.92 bits per heavy atom. The molecule has 2 aromatic carbocycles. The summed E-state index contributed by atoms with van der Waals surface area (Å²) in [6.45, 7) is 3.49. The summed E-state index contributed by atoms with van der Waals surface area (Å²) in [6, 6.07) is 7.94. The lowest BCUT2D eigenvalue weighted by Gasteiger charge is -2.11. The number of fused-ring (bicyclic) bond motifs is 1. The maximum Gasteiger partial charge on any atom is 0.340 e. The maximum absolute atomic E-state index is 12.4. The van der Waals surface area contributed by atoms with Crippen LogP contribution in [-0.4, -0.2) is 16.1 Å². The van der Waals surface area contributed by atoms with Gasteiger partial charge in [-0.3, -0.25) is 4.79 Å². The molecule has 134 valence electrons. The second-order valence-electron chi connectivity index (χ2n) is 5.99. The molecule has 26 heavy (non-hydrogen) atoms. The summed E-state index contributed by atoms with van der Waals surface area (Å²) in [5.41, 5.74) is 1.24. The maximum atomic E-state index is 12.4. The van der Waals surface area contributed by atoms with Crippen LogP contribution in [0.2, 0.25) is 5.02 Å². The van der Waals surface area contributed by atoms with E-state index in [1.807, 2.05) is 6.92 Å². The highest BCUT2D eigenvalue weighted by molar-refractivity contribution is 6.31. The highest BCUT2D eigenvalue weighted by atomic mass is 35.5. The van der Waals surface area contributed by atoms with E-state index in [4.69, 9.17) is 16.0 Å². The molecule has 3 rings (SSSR count). The Labute approximate surface area is 153 Å². The number of aryl methyl sites for hydroxylation is 2. The van der Waals surface area contributed by atoms with Crippen LogP contribution in [0, 0.1) is 13.8 Å². The molecule has 0 atom stereocenters. The van der Waals surface area contributed by atoms with E-state index in [1.165, 1.54) is 12.1 Å². The van der Waals surface area contributed by atoms with Gasteiger partial charge in [0.1, 0.15) is 0 Å². The Morgan fingerprint density at radius 3 is 2.65 bits per heavy atom. The van der Waals surface area contributed by atoms with Gasteiger partial charge >= 0.3 is 5.63 Å². The summed E-state index contributed by atoms with van der Waals surface area (Å²) in [6.07, 6.45) is -0.197. The molecule has 3 aromatic rings. The predicted molar refractivity (Wildman–Crippen MR) is 99.1 cm³/mol. The van der Waals surface area contributed by atoms with Crippen molar-refractivity contribution in [2.45, 2.75) is 20.3 Å². The number of rotatable bonds is 3. The van der Waals surface area contributed by atoms with Crippen LogP contribution in [-0.2, 0) is 11.2 Å². The van der Waals surface area contributed by atoms with Gasteiger partial charge in [0.05, 0.1) is 12.0 Å². The van der Waals surface area contributed by atoms with Crippen LogP contribution >= 0.6 is 11.6 Å². The molecule has 1 amide bonds. The first kappa shape index (κ1) is 17.8. The van der Waals surface area contributed by atoms with E-state index < -0.39 is 17.3 Å². The van der Waals surface area contributed by atoms with Gasteiger partial charge in [-0.05, 0) is 49.2 Å². The van der Waals surface area contributed by atoms with E-state index in [0.717, 1.165) is 5.56 Å². The number of carbonyl (C=O) groups excluding carboxylic acids is 1. The lowest BCUT2D eigenvalue weighted by atomic mass is 10.0. The van der Waals surface area contributed by atoms with Gasteiger partial charge in [-0.25, -0.2) is 4.79 Å². The number of hydrogen-bond acceptors (Lipinski definition) is 5. The zero-order valence-electron chi connectivity index (χ0n) is 14.1. The molecule has 6 nitrogen and oxygen atoms in total. The van der Waals surface area contributed by atoms with E-state index in [9.17, 15) is 19.8 Å². The smallest absolute Gasteiger partial charge is 0.340 e. The number of carbonyl (C=O) groups is 1. The van der Waals surface area contributed by atoms with Crippen molar-refractivity contribution in [2.75, 3.05) is 5.32 Å². The standard InChI is InChI=1S/C19H16ClNO5/c1-9-3-4-11(20)7-14(9)21-16(23)8-13-10(2)12-5-6-15(22)17(24)18(12)26-19(13)25/h3-7,22,24H,8H2,1-2H3,(H,21,23). The summed E-state index contributed by atoms with van der Waals surface area (Å²) in [4.78, 5) is 24.6. The largest absolute Gasteiger partial charge is 0.504 e. The molecule has 0 aliphatic heterocycles. The topological polar surface area (TPSA) is 99.8 Å². The van der Waals surface area contributed by atoms with Crippen molar-refractivity contribution < 1.29 is 19.4 Å². The third-order valence-corrected chi connectivity index (χ3v) is 4.45. The van der Waals surface area contributed by atoms with Crippen LogP contribution in [0.3, 0.4) is 0 Å². The third-order valence-electron chi connectivity index (χ3n) is 4.22. The van der Waals surface area contributed by atoms with Crippen molar-refractivity contribution in [1.82, 2.24) is 0 Å². The molecule has 0 bridgehead atoms. The number of aromatic hydroxyl groups is 2. The third kappa shape index (κ3) is 3.23. The summed E-state index contributed by atoms with van der Waals surface area (Å²) in [5, 5.41) is 23.1. The molecule has 0 saturated heterocycles. The SMILES string of the molecule is Cc1ccc(Cl)cc1NC(=O)Cc1c(C)c2ccc(O)c(O)c2oc1=O. The number of nitrogens with one attached hydrogen (secondary N) is 1. The first-order valence-corrected chi connectivity index (χ1v) is 8.19. The molecule has 0 spiro atoms. The molecule has 0 aliphatic rings. The first-order valence-electron chi connectivity index (χ1n) is 7.81. The van der Waals surface area contributed by atoms with Crippen molar-refractivity contribution in [3.05, 3.63) is 62.5 Å². The number of phenolic OH excluding ortho intramolecular Hbond substituents is 2. The van der Waals surface area contributed by atoms with Crippen LogP contribution in [0.15, 0.2) is 39.5 Å². The molecule has 0 unspecified atom stereocenters. The van der Waals surface area contributed by atoms with Crippen LogP contribution in [0.5, 0.6) is 11.5 Å². The Morgan fingerprint density at radius 1 is 1.19 bits per heavy atom. The fourth-order valence-electron chi connectivity index (χ4n) is 2.72.